The fourth-order valence-electron chi connectivity index (χ4n) is 2.66. The number of halogens is 1. The van der Waals surface area contributed by atoms with Gasteiger partial charge in [0.1, 0.15) is 5.65 Å². The third-order valence-corrected chi connectivity index (χ3v) is 4.17. The quantitative estimate of drug-likeness (QED) is 0.441. The van der Waals surface area contributed by atoms with Crippen LogP contribution in [0.1, 0.15) is 0 Å². The van der Waals surface area contributed by atoms with Gasteiger partial charge >= 0.3 is 0 Å². The Labute approximate surface area is 130 Å². The molecule has 0 spiro atoms. The second-order valence-corrected chi connectivity index (χ2v) is 5.95. The molecule has 20 heavy (non-hydrogen) atoms. The van der Waals surface area contributed by atoms with Crippen LogP contribution in [0.3, 0.4) is 0 Å². The van der Waals surface area contributed by atoms with Crippen molar-refractivity contribution in [3.05, 3.63) is 70.4 Å². The summed E-state index contributed by atoms with van der Waals surface area (Å²) in [6, 6.07) is 21.1. The molecule has 0 fully saturated rings. The maximum atomic E-state index is 4.58. The lowest BCUT2D eigenvalue weighted by atomic mass is 10.2. The van der Waals surface area contributed by atoms with E-state index in [-0.39, 0.29) is 0 Å². The molecule has 2 nitrogen and oxygen atoms in total. The van der Waals surface area contributed by atoms with Crippen molar-refractivity contribution in [3.8, 4) is 5.69 Å². The first-order valence-corrected chi connectivity index (χ1v) is 7.52. The number of rotatable bonds is 1. The van der Waals surface area contributed by atoms with E-state index in [1.807, 2.05) is 18.3 Å². The first-order valence-electron chi connectivity index (χ1n) is 6.45. The van der Waals surface area contributed by atoms with E-state index in [9.17, 15) is 0 Å². The van der Waals surface area contributed by atoms with Gasteiger partial charge in [-0.05, 0) is 65.1 Å². The Morgan fingerprint density at radius 3 is 2.55 bits per heavy atom. The van der Waals surface area contributed by atoms with Crippen LogP contribution in [0.5, 0.6) is 0 Å². The molecule has 0 saturated carbocycles. The topological polar surface area (TPSA) is 17.8 Å². The van der Waals surface area contributed by atoms with Crippen LogP contribution in [0.2, 0.25) is 0 Å². The Kier molecular flexibility index (Phi) is 2.73. The molecule has 96 valence electrons. The summed E-state index contributed by atoms with van der Waals surface area (Å²) in [5.41, 5.74) is 3.36. The molecule has 0 unspecified atom stereocenters. The minimum absolute atomic E-state index is 1.01. The van der Waals surface area contributed by atoms with Crippen molar-refractivity contribution in [2.45, 2.75) is 0 Å². The van der Waals surface area contributed by atoms with Gasteiger partial charge in [-0.3, -0.25) is 4.57 Å². The molecule has 0 aliphatic heterocycles. The van der Waals surface area contributed by atoms with Gasteiger partial charge in [0.15, 0.2) is 0 Å². The molecule has 0 N–H and O–H groups in total. The fourth-order valence-corrected chi connectivity index (χ4v) is 3.15. The van der Waals surface area contributed by atoms with Gasteiger partial charge in [0, 0.05) is 26.2 Å². The number of para-hydroxylation sites is 1. The number of nitrogens with zero attached hydrogens (tertiary/aromatic N) is 2. The Morgan fingerprint density at radius 1 is 0.850 bits per heavy atom. The summed E-state index contributed by atoms with van der Waals surface area (Å²) >= 11 is 2.35. The lowest BCUT2D eigenvalue weighted by Crippen LogP contribution is -1.94. The molecule has 3 heteroatoms. The highest BCUT2D eigenvalue weighted by molar-refractivity contribution is 14.1. The van der Waals surface area contributed by atoms with E-state index < -0.39 is 0 Å². The lowest BCUT2D eigenvalue weighted by Gasteiger charge is -2.06. The Hall–Kier alpha value is -1.88. The summed E-state index contributed by atoms with van der Waals surface area (Å²) in [5, 5.41) is 2.45. The molecule has 0 aliphatic rings. The van der Waals surface area contributed by atoms with E-state index in [4.69, 9.17) is 0 Å². The van der Waals surface area contributed by atoms with Crippen LogP contribution in [0.15, 0.2) is 66.9 Å². The van der Waals surface area contributed by atoms with Gasteiger partial charge in [0.25, 0.3) is 0 Å². The summed E-state index contributed by atoms with van der Waals surface area (Å²) in [5.74, 6) is 0. The van der Waals surface area contributed by atoms with Crippen LogP contribution in [0, 0.1) is 3.57 Å². The van der Waals surface area contributed by atoms with Gasteiger partial charge in [0.05, 0.1) is 5.52 Å². The van der Waals surface area contributed by atoms with E-state index >= 15 is 0 Å². The molecule has 4 rings (SSSR count). The summed E-state index contributed by atoms with van der Waals surface area (Å²) < 4.78 is 3.46. The maximum Gasteiger partial charge on any atom is 0.145 e. The predicted octanol–water partition coefficient (Wildman–Crippen LogP) is 4.78. The highest BCUT2D eigenvalue weighted by atomic mass is 127. The minimum atomic E-state index is 1.01. The number of benzene rings is 2. The predicted molar refractivity (Wildman–Crippen MR) is 91.3 cm³/mol. The summed E-state index contributed by atoms with van der Waals surface area (Å²) in [6.45, 7) is 0. The van der Waals surface area contributed by atoms with Crippen molar-refractivity contribution in [1.82, 2.24) is 9.55 Å². The van der Waals surface area contributed by atoms with E-state index in [2.05, 4.69) is 80.7 Å². The molecule has 0 radical (unpaired) electrons. The van der Waals surface area contributed by atoms with E-state index in [1.54, 1.807) is 0 Å². The van der Waals surface area contributed by atoms with Crippen LogP contribution in [-0.2, 0) is 0 Å². The van der Waals surface area contributed by atoms with Crippen molar-refractivity contribution in [1.29, 1.82) is 0 Å². The highest BCUT2D eigenvalue weighted by Crippen LogP contribution is 2.31. The molecule has 0 bridgehead atoms. The number of fused-ring (bicyclic) bond motifs is 3. The molecule has 2 heterocycles. The van der Waals surface area contributed by atoms with E-state index in [0.717, 1.165) is 11.3 Å². The van der Waals surface area contributed by atoms with Crippen molar-refractivity contribution in [3.63, 3.8) is 0 Å². The minimum Gasteiger partial charge on any atom is -0.294 e. The van der Waals surface area contributed by atoms with Gasteiger partial charge in [-0.1, -0.05) is 18.2 Å². The molecule has 2 aromatic carbocycles. The Balaban J connectivity index is 2.22. The summed E-state index contributed by atoms with van der Waals surface area (Å²) in [7, 11) is 0. The smallest absolute Gasteiger partial charge is 0.145 e. The van der Waals surface area contributed by atoms with Crippen molar-refractivity contribution in [2.24, 2.45) is 0 Å². The zero-order chi connectivity index (χ0) is 13.5. The molecule has 2 aromatic heterocycles. The second kappa shape index (κ2) is 4.59. The molecule has 0 amide bonds. The van der Waals surface area contributed by atoms with Gasteiger partial charge in [-0.2, -0.15) is 0 Å². The van der Waals surface area contributed by atoms with E-state index in [1.165, 1.54) is 19.9 Å². The number of hydrogen-bond donors (Lipinski definition) is 0. The first-order chi connectivity index (χ1) is 9.84. The fraction of sp³-hybridized carbons (Fsp3) is 0. The van der Waals surface area contributed by atoms with Crippen LogP contribution in [0.4, 0.5) is 0 Å². The van der Waals surface area contributed by atoms with Crippen LogP contribution >= 0.6 is 22.6 Å². The molecular formula is C17H11IN2. The summed E-state index contributed by atoms with van der Waals surface area (Å²) in [6.07, 6.45) is 1.85. The normalized spacial score (nSPS) is 11.2. The third kappa shape index (κ3) is 1.73. The van der Waals surface area contributed by atoms with Crippen LogP contribution in [-0.4, -0.2) is 9.55 Å². The van der Waals surface area contributed by atoms with Crippen molar-refractivity contribution >= 4 is 44.5 Å². The van der Waals surface area contributed by atoms with E-state index in [0.29, 0.717) is 0 Å². The standard InChI is InChI=1S/C17H11IN2/c18-12-8-9-16-15(11-12)14-7-4-10-19-17(14)20(16)13-5-2-1-3-6-13/h1-11H. The van der Waals surface area contributed by atoms with Crippen LogP contribution in [0.25, 0.3) is 27.6 Å². The molecule has 0 saturated heterocycles. The maximum absolute atomic E-state index is 4.58. The molecule has 4 aromatic rings. The Bertz CT molecular complexity index is 910. The molecular weight excluding hydrogens is 359 g/mol. The summed E-state index contributed by atoms with van der Waals surface area (Å²) in [4.78, 5) is 4.58. The first kappa shape index (κ1) is 11.9. The number of pyridine rings is 1. The van der Waals surface area contributed by atoms with Gasteiger partial charge in [0.2, 0.25) is 0 Å². The zero-order valence-corrected chi connectivity index (χ0v) is 12.8. The lowest BCUT2D eigenvalue weighted by molar-refractivity contribution is 1.14. The highest BCUT2D eigenvalue weighted by Gasteiger charge is 2.12. The number of hydrogen-bond acceptors (Lipinski definition) is 1. The van der Waals surface area contributed by atoms with Crippen molar-refractivity contribution < 1.29 is 0 Å². The average molecular weight is 370 g/mol. The van der Waals surface area contributed by atoms with Gasteiger partial charge in [-0.25, -0.2) is 4.98 Å². The average Bonchev–Trinajstić information content (AvgIpc) is 2.82. The van der Waals surface area contributed by atoms with Gasteiger partial charge < -0.3 is 0 Å². The largest absolute Gasteiger partial charge is 0.294 e. The second-order valence-electron chi connectivity index (χ2n) is 4.71. The SMILES string of the molecule is Ic1ccc2c(c1)c1cccnc1n2-c1ccccc1. The molecule has 0 aliphatic carbocycles. The van der Waals surface area contributed by atoms with Gasteiger partial charge in [-0.15, -0.1) is 0 Å². The van der Waals surface area contributed by atoms with Crippen LogP contribution < -0.4 is 0 Å². The monoisotopic (exact) mass is 370 g/mol. The van der Waals surface area contributed by atoms with Crippen molar-refractivity contribution in [2.75, 3.05) is 0 Å². The third-order valence-electron chi connectivity index (χ3n) is 3.50. The Morgan fingerprint density at radius 2 is 1.70 bits per heavy atom. The zero-order valence-electron chi connectivity index (χ0n) is 10.6. The molecule has 0 atom stereocenters. The number of aromatic nitrogens is 2.